The highest BCUT2D eigenvalue weighted by atomic mass is 32.1. The first-order valence-electron chi connectivity index (χ1n) is 11.2. The first-order valence-corrected chi connectivity index (χ1v) is 12.0. The van der Waals surface area contributed by atoms with Crippen molar-refractivity contribution in [1.82, 2.24) is 4.98 Å². The van der Waals surface area contributed by atoms with Crippen LogP contribution in [0.5, 0.6) is 17.2 Å². The summed E-state index contributed by atoms with van der Waals surface area (Å²) in [6.07, 6.45) is 0.788. The number of aliphatic carboxylic acids is 1. The van der Waals surface area contributed by atoms with Crippen LogP contribution in [-0.2, 0) is 17.6 Å². The first-order chi connectivity index (χ1) is 16.9. The highest BCUT2D eigenvalue weighted by molar-refractivity contribution is 7.13. The molecule has 0 amide bonds. The van der Waals surface area contributed by atoms with Gasteiger partial charge >= 0.3 is 5.97 Å². The number of oxazole rings is 1. The number of rotatable bonds is 11. The van der Waals surface area contributed by atoms with E-state index < -0.39 is 11.6 Å². The van der Waals surface area contributed by atoms with Gasteiger partial charge in [0, 0.05) is 12.8 Å². The van der Waals surface area contributed by atoms with E-state index in [1.807, 2.05) is 48.7 Å². The maximum Gasteiger partial charge on any atom is 0.348 e. The molecule has 0 saturated heterocycles. The number of carbonyl (C=O) groups is 1. The van der Waals surface area contributed by atoms with Crippen LogP contribution in [0.1, 0.15) is 23.9 Å². The molecule has 0 aliphatic heterocycles. The van der Waals surface area contributed by atoms with E-state index in [1.54, 1.807) is 42.5 Å². The van der Waals surface area contributed by atoms with Crippen molar-refractivity contribution < 1.29 is 28.5 Å². The van der Waals surface area contributed by atoms with Gasteiger partial charge in [-0.25, -0.2) is 9.78 Å². The molecule has 2 heterocycles. The Morgan fingerprint density at radius 3 is 2.49 bits per heavy atom. The van der Waals surface area contributed by atoms with E-state index in [1.165, 1.54) is 7.11 Å². The predicted molar refractivity (Wildman–Crippen MR) is 134 cm³/mol. The van der Waals surface area contributed by atoms with Crippen LogP contribution in [-0.4, -0.2) is 35.4 Å². The summed E-state index contributed by atoms with van der Waals surface area (Å²) in [6.45, 7) is 3.90. The minimum absolute atomic E-state index is 0.171. The summed E-state index contributed by atoms with van der Waals surface area (Å²) in [7, 11) is 1.52. The normalized spacial score (nSPS) is 12.7. The van der Waals surface area contributed by atoms with Crippen molar-refractivity contribution >= 4 is 17.3 Å². The molecule has 0 saturated carbocycles. The minimum Gasteiger partial charge on any atom is -0.493 e. The van der Waals surface area contributed by atoms with Crippen LogP contribution in [0, 0.1) is 6.92 Å². The molecule has 0 spiro atoms. The molecule has 0 radical (unpaired) electrons. The van der Waals surface area contributed by atoms with Crippen LogP contribution in [0.3, 0.4) is 0 Å². The summed E-state index contributed by atoms with van der Waals surface area (Å²) in [5.74, 6) is 1.91. The summed E-state index contributed by atoms with van der Waals surface area (Å²) in [5, 5.41) is 11.9. The van der Waals surface area contributed by atoms with Crippen LogP contribution >= 0.6 is 11.3 Å². The second-order valence-electron chi connectivity index (χ2n) is 8.21. The predicted octanol–water partition coefficient (Wildman–Crippen LogP) is 5.81. The molecular formula is C27H27NO6S. The Kier molecular flexibility index (Phi) is 7.41. The van der Waals surface area contributed by atoms with E-state index in [9.17, 15) is 9.90 Å². The van der Waals surface area contributed by atoms with Gasteiger partial charge in [0.2, 0.25) is 11.5 Å². The maximum absolute atomic E-state index is 12.1. The Balaban J connectivity index is 1.36. The molecule has 0 aliphatic carbocycles. The summed E-state index contributed by atoms with van der Waals surface area (Å²) < 4.78 is 22.8. The Labute approximate surface area is 207 Å². The topological polar surface area (TPSA) is 91.0 Å². The molecule has 1 unspecified atom stereocenters. The molecule has 7 nitrogen and oxygen atoms in total. The summed E-state index contributed by atoms with van der Waals surface area (Å²) in [6, 6.07) is 18.3. The lowest BCUT2D eigenvalue weighted by Crippen LogP contribution is -2.43. The highest BCUT2D eigenvalue weighted by Crippen LogP contribution is 2.31. The smallest absolute Gasteiger partial charge is 0.348 e. The lowest BCUT2D eigenvalue weighted by molar-refractivity contribution is -0.153. The Morgan fingerprint density at radius 2 is 1.83 bits per heavy atom. The lowest BCUT2D eigenvalue weighted by Gasteiger charge is -2.27. The van der Waals surface area contributed by atoms with Crippen LogP contribution < -0.4 is 14.2 Å². The molecular weight excluding hydrogens is 466 g/mol. The number of carboxylic acid groups (broad SMARTS) is 1. The zero-order valence-corrected chi connectivity index (χ0v) is 20.6. The number of aryl methyl sites for hydroxylation is 1. The average molecular weight is 494 g/mol. The Bertz CT molecular complexity index is 1270. The van der Waals surface area contributed by atoms with Crippen LogP contribution in [0.25, 0.3) is 10.8 Å². The quantitative estimate of drug-likeness (QED) is 0.282. The molecule has 2 aromatic heterocycles. The minimum atomic E-state index is -1.47. The molecule has 1 atom stereocenters. The van der Waals surface area contributed by atoms with Gasteiger partial charge in [0.05, 0.1) is 24.3 Å². The molecule has 0 aliphatic rings. The number of carboxylic acids is 1. The highest BCUT2D eigenvalue weighted by Gasteiger charge is 2.36. The average Bonchev–Trinajstić information content (AvgIpc) is 3.51. The van der Waals surface area contributed by atoms with E-state index in [0.717, 1.165) is 21.9 Å². The van der Waals surface area contributed by atoms with E-state index in [2.05, 4.69) is 4.98 Å². The van der Waals surface area contributed by atoms with Gasteiger partial charge < -0.3 is 23.7 Å². The molecule has 8 heteroatoms. The van der Waals surface area contributed by atoms with Gasteiger partial charge in [0.1, 0.15) is 11.5 Å². The lowest BCUT2D eigenvalue weighted by atomic mass is 9.96. The number of benzene rings is 2. The fraction of sp³-hybridized carbons (Fsp3) is 0.259. The standard InChI is InChI=1S/C27H27NO6S/c1-18-21(28-25(33-18)24-9-6-16-35-24)14-15-32-20-12-10-19(11-13-20)17-27(2,26(29)30)34-23-8-5-4-7-22(23)31-3/h4-13,16H,14-15,17H2,1-3H3,(H,29,30). The third-order valence-corrected chi connectivity index (χ3v) is 6.41. The van der Waals surface area contributed by atoms with Gasteiger partial charge in [0.25, 0.3) is 0 Å². The number of aromatic nitrogens is 1. The molecule has 4 rings (SSSR count). The molecule has 4 aromatic rings. The summed E-state index contributed by atoms with van der Waals surface area (Å²) >= 11 is 1.59. The van der Waals surface area contributed by atoms with Crippen LogP contribution in [0.15, 0.2) is 70.5 Å². The van der Waals surface area contributed by atoms with Crippen LogP contribution in [0.2, 0.25) is 0 Å². The van der Waals surface area contributed by atoms with E-state index in [4.69, 9.17) is 18.6 Å². The van der Waals surface area contributed by atoms with Crippen molar-refractivity contribution in [2.75, 3.05) is 13.7 Å². The van der Waals surface area contributed by atoms with Gasteiger partial charge in [-0.1, -0.05) is 30.3 Å². The number of nitrogens with zero attached hydrogens (tertiary/aromatic N) is 1. The second-order valence-corrected chi connectivity index (χ2v) is 9.16. The van der Waals surface area contributed by atoms with E-state index in [-0.39, 0.29) is 6.42 Å². The Hall–Kier alpha value is -3.78. The zero-order valence-electron chi connectivity index (χ0n) is 19.8. The zero-order chi connectivity index (χ0) is 24.8. The third kappa shape index (κ3) is 5.84. The molecule has 35 heavy (non-hydrogen) atoms. The number of hydrogen-bond acceptors (Lipinski definition) is 7. The fourth-order valence-corrected chi connectivity index (χ4v) is 4.27. The second kappa shape index (κ2) is 10.7. The molecule has 0 fully saturated rings. The van der Waals surface area contributed by atoms with Crippen molar-refractivity contribution in [3.8, 4) is 28.0 Å². The Morgan fingerprint density at radius 1 is 1.09 bits per heavy atom. The van der Waals surface area contributed by atoms with E-state index >= 15 is 0 Å². The van der Waals surface area contributed by atoms with Gasteiger partial charge in [-0.05, 0) is 55.1 Å². The van der Waals surface area contributed by atoms with Gasteiger partial charge in [-0.2, -0.15) is 0 Å². The fourth-order valence-electron chi connectivity index (χ4n) is 3.63. The number of para-hydroxylation sites is 2. The van der Waals surface area contributed by atoms with Crippen molar-refractivity contribution in [2.45, 2.75) is 32.3 Å². The first kappa shape index (κ1) is 24.3. The van der Waals surface area contributed by atoms with Crippen LogP contribution in [0.4, 0.5) is 0 Å². The largest absolute Gasteiger partial charge is 0.493 e. The van der Waals surface area contributed by atoms with Crippen molar-refractivity contribution in [3.63, 3.8) is 0 Å². The number of thiophene rings is 1. The number of hydrogen-bond donors (Lipinski definition) is 1. The number of methoxy groups -OCH3 is 1. The monoisotopic (exact) mass is 493 g/mol. The van der Waals surface area contributed by atoms with Crippen molar-refractivity contribution in [3.05, 3.63) is 83.1 Å². The molecule has 0 bridgehead atoms. The van der Waals surface area contributed by atoms with Gasteiger partial charge in [0.15, 0.2) is 11.5 Å². The molecule has 1 N–H and O–H groups in total. The van der Waals surface area contributed by atoms with Crippen molar-refractivity contribution in [1.29, 1.82) is 0 Å². The third-order valence-electron chi connectivity index (χ3n) is 5.55. The van der Waals surface area contributed by atoms with Gasteiger partial charge in [-0.15, -0.1) is 11.3 Å². The van der Waals surface area contributed by atoms with Gasteiger partial charge in [-0.3, -0.25) is 0 Å². The van der Waals surface area contributed by atoms with E-state index in [0.29, 0.717) is 36.2 Å². The maximum atomic E-state index is 12.1. The number of ether oxygens (including phenoxy) is 3. The van der Waals surface area contributed by atoms with Crippen molar-refractivity contribution in [2.24, 2.45) is 0 Å². The summed E-state index contributed by atoms with van der Waals surface area (Å²) in [5.41, 5.74) is 0.211. The SMILES string of the molecule is COc1ccccc1OC(C)(Cc1ccc(OCCc2nc(-c3cccs3)oc2C)cc1)C(=O)O. The summed E-state index contributed by atoms with van der Waals surface area (Å²) in [4.78, 5) is 17.7. The molecule has 182 valence electrons. The molecule has 2 aromatic carbocycles.